The largest absolute Gasteiger partial charge is 0.508 e. The highest BCUT2D eigenvalue weighted by Crippen LogP contribution is 2.21. The van der Waals surface area contributed by atoms with Crippen molar-refractivity contribution in [2.24, 2.45) is 0 Å². The van der Waals surface area contributed by atoms with Crippen LogP contribution in [0.15, 0.2) is 53.0 Å². The van der Waals surface area contributed by atoms with Crippen molar-refractivity contribution < 1.29 is 9.90 Å². The first kappa shape index (κ1) is 15.8. The quantitative estimate of drug-likeness (QED) is 0.468. The minimum atomic E-state index is -0.110. The smallest absolute Gasteiger partial charge is 0.185 e. The molecule has 0 radical (unpaired) electrons. The first-order valence-electron chi connectivity index (χ1n) is 6.46. The van der Waals surface area contributed by atoms with Crippen molar-refractivity contribution >= 4 is 39.4 Å². The number of halogens is 2. The summed E-state index contributed by atoms with van der Waals surface area (Å²) in [5.41, 5.74) is 2.16. The summed E-state index contributed by atoms with van der Waals surface area (Å²) >= 11 is 9.12. The number of phenolic OH excluding ortho intramolecular Hbond substituents is 1. The van der Waals surface area contributed by atoms with Crippen LogP contribution < -0.4 is 0 Å². The summed E-state index contributed by atoms with van der Waals surface area (Å²) in [6, 6.07) is 12.5. The molecule has 21 heavy (non-hydrogen) atoms. The molecule has 0 fully saturated rings. The number of alkyl halides is 1. The predicted molar refractivity (Wildman–Crippen MR) is 90.0 cm³/mol. The van der Waals surface area contributed by atoms with Crippen LogP contribution in [0, 0.1) is 0 Å². The topological polar surface area (TPSA) is 37.3 Å². The first-order valence-corrected chi connectivity index (χ1v) is 7.79. The Balaban J connectivity index is 2.21. The number of aromatic hydroxyl groups is 1. The van der Waals surface area contributed by atoms with Gasteiger partial charge in [-0.05, 0) is 54.0 Å². The van der Waals surface area contributed by atoms with Gasteiger partial charge in [-0.15, -0.1) is 11.6 Å². The molecule has 0 aliphatic carbocycles. The second kappa shape index (κ2) is 7.43. The van der Waals surface area contributed by atoms with E-state index in [-0.39, 0.29) is 11.5 Å². The van der Waals surface area contributed by atoms with Crippen molar-refractivity contribution in [2.45, 2.75) is 6.42 Å². The average molecular weight is 366 g/mol. The van der Waals surface area contributed by atoms with E-state index in [2.05, 4.69) is 15.9 Å². The van der Waals surface area contributed by atoms with Gasteiger partial charge in [-0.25, -0.2) is 0 Å². The average Bonchev–Trinajstić information content (AvgIpc) is 2.48. The van der Waals surface area contributed by atoms with Crippen LogP contribution in [0.25, 0.3) is 6.08 Å². The Bertz CT molecular complexity index is 680. The molecule has 2 aromatic rings. The molecule has 2 aromatic carbocycles. The maximum Gasteiger partial charge on any atom is 0.185 e. The van der Waals surface area contributed by atoms with Crippen LogP contribution >= 0.6 is 27.5 Å². The van der Waals surface area contributed by atoms with E-state index in [9.17, 15) is 9.90 Å². The molecule has 0 saturated heterocycles. The van der Waals surface area contributed by atoms with Gasteiger partial charge in [0.05, 0.1) is 0 Å². The normalized spacial score (nSPS) is 11.0. The van der Waals surface area contributed by atoms with Gasteiger partial charge in [0.25, 0.3) is 0 Å². The summed E-state index contributed by atoms with van der Waals surface area (Å²) in [4.78, 5) is 12.2. The molecule has 108 valence electrons. The molecular formula is C17H14BrClO2. The van der Waals surface area contributed by atoms with Crippen molar-refractivity contribution in [2.75, 3.05) is 5.88 Å². The molecule has 0 spiro atoms. The molecule has 0 bridgehead atoms. The highest BCUT2D eigenvalue weighted by atomic mass is 79.9. The Morgan fingerprint density at radius 2 is 2.00 bits per heavy atom. The second-order valence-corrected chi connectivity index (χ2v) is 5.73. The van der Waals surface area contributed by atoms with Crippen LogP contribution in [0.4, 0.5) is 0 Å². The summed E-state index contributed by atoms with van der Waals surface area (Å²) in [7, 11) is 0. The predicted octanol–water partition coefficient (Wildman–Crippen LogP) is 4.83. The van der Waals surface area contributed by atoms with E-state index in [4.69, 9.17) is 11.6 Å². The molecule has 0 aliphatic rings. The fourth-order valence-electron chi connectivity index (χ4n) is 1.91. The molecule has 2 nitrogen and oxygen atoms in total. The maximum atomic E-state index is 12.2. The lowest BCUT2D eigenvalue weighted by atomic mass is 10.0. The third-order valence-electron chi connectivity index (χ3n) is 3.05. The standard InChI is InChI=1S/C17H14BrClO2/c18-15-4-2-1-3-12(15)5-7-16(20)13-6-8-17(21)14(11-13)9-10-19/h1-8,11,21H,9-10H2/b7-5+. The third-order valence-corrected chi connectivity index (χ3v) is 3.96. The van der Waals surface area contributed by atoms with Gasteiger partial charge in [-0.2, -0.15) is 0 Å². The van der Waals surface area contributed by atoms with Gasteiger partial charge in [0.15, 0.2) is 5.78 Å². The van der Waals surface area contributed by atoms with Crippen molar-refractivity contribution in [3.8, 4) is 5.75 Å². The van der Waals surface area contributed by atoms with Gasteiger partial charge in [0.1, 0.15) is 5.75 Å². The molecule has 2 rings (SSSR count). The lowest BCUT2D eigenvalue weighted by Gasteiger charge is -2.04. The molecule has 4 heteroatoms. The van der Waals surface area contributed by atoms with Crippen LogP contribution in [0.2, 0.25) is 0 Å². The first-order chi connectivity index (χ1) is 10.1. The Kier molecular flexibility index (Phi) is 5.59. The number of carbonyl (C=O) groups is 1. The number of carbonyl (C=O) groups excluding carboxylic acids is 1. The number of rotatable bonds is 5. The van der Waals surface area contributed by atoms with Crippen molar-refractivity contribution in [1.82, 2.24) is 0 Å². The van der Waals surface area contributed by atoms with Crippen LogP contribution in [0.5, 0.6) is 5.75 Å². The molecule has 0 aromatic heterocycles. The molecule has 0 unspecified atom stereocenters. The monoisotopic (exact) mass is 364 g/mol. The lowest BCUT2D eigenvalue weighted by molar-refractivity contribution is 0.104. The van der Waals surface area contributed by atoms with Crippen LogP contribution in [-0.4, -0.2) is 16.8 Å². The Morgan fingerprint density at radius 3 is 2.71 bits per heavy atom. The minimum Gasteiger partial charge on any atom is -0.508 e. The number of benzene rings is 2. The van der Waals surface area contributed by atoms with E-state index < -0.39 is 0 Å². The van der Waals surface area contributed by atoms with Gasteiger partial charge in [0.2, 0.25) is 0 Å². The van der Waals surface area contributed by atoms with Crippen molar-refractivity contribution in [3.63, 3.8) is 0 Å². The van der Waals surface area contributed by atoms with Crippen LogP contribution in [0.3, 0.4) is 0 Å². The summed E-state index contributed by atoms with van der Waals surface area (Å²) in [6.07, 6.45) is 3.82. The zero-order chi connectivity index (χ0) is 15.2. The van der Waals surface area contributed by atoms with E-state index in [1.54, 1.807) is 18.2 Å². The minimum absolute atomic E-state index is 0.110. The SMILES string of the molecule is O=C(/C=C/c1ccccc1Br)c1ccc(O)c(CCCl)c1. The van der Waals surface area contributed by atoms with Crippen LogP contribution in [0.1, 0.15) is 21.5 Å². The summed E-state index contributed by atoms with van der Waals surface area (Å²) in [5.74, 6) is 0.460. The fraction of sp³-hybridized carbons (Fsp3) is 0.118. The number of phenols is 1. The third kappa shape index (κ3) is 4.19. The maximum absolute atomic E-state index is 12.2. The van der Waals surface area contributed by atoms with Gasteiger partial charge < -0.3 is 5.11 Å². The second-order valence-electron chi connectivity index (χ2n) is 4.50. The van der Waals surface area contributed by atoms with E-state index >= 15 is 0 Å². The van der Waals surface area contributed by atoms with Gasteiger partial charge in [-0.3, -0.25) is 4.79 Å². The van der Waals surface area contributed by atoms with Crippen molar-refractivity contribution in [3.05, 3.63) is 69.7 Å². The Labute approximate surface area is 137 Å². The molecule has 0 saturated carbocycles. The Morgan fingerprint density at radius 1 is 1.24 bits per heavy atom. The molecular weight excluding hydrogens is 352 g/mol. The highest BCUT2D eigenvalue weighted by Gasteiger charge is 2.07. The van der Waals surface area contributed by atoms with Gasteiger partial charge in [-0.1, -0.05) is 34.1 Å². The molecule has 0 amide bonds. The zero-order valence-corrected chi connectivity index (χ0v) is 13.6. The van der Waals surface area contributed by atoms with Gasteiger partial charge >= 0.3 is 0 Å². The summed E-state index contributed by atoms with van der Waals surface area (Å²) < 4.78 is 0.933. The van der Waals surface area contributed by atoms with Gasteiger partial charge in [0, 0.05) is 15.9 Å². The highest BCUT2D eigenvalue weighted by molar-refractivity contribution is 9.10. The number of hydrogen-bond acceptors (Lipinski definition) is 2. The molecule has 0 heterocycles. The van der Waals surface area contributed by atoms with E-state index in [0.29, 0.717) is 23.4 Å². The number of ketones is 1. The fourth-order valence-corrected chi connectivity index (χ4v) is 2.53. The molecule has 0 atom stereocenters. The molecule has 0 aliphatic heterocycles. The van der Waals surface area contributed by atoms with Crippen molar-refractivity contribution in [1.29, 1.82) is 0 Å². The Hall–Kier alpha value is -1.58. The number of allylic oxidation sites excluding steroid dienone is 1. The van der Waals surface area contributed by atoms with Crippen LogP contribution in [-0.2, 0) is 6.42 Å². The number of aryl methyl sites for hydroxylation is 1. The number of hydrogen-bond donors (Lipinski definition) is 1. The van der Waals surface area contributed by atoms with E-state index in [1.807, 2.05) is 24.3 Å². The van der Waals surface area contributed by atoms with E-state index in [0.717, 1.165) is 10.0 Å². The lowest BCUT2D eigenvalue weighted by Crippen LogP contribution is -1.97. The summed E-state index contributed by atoms with van der Waals surface area (Å²) in [5, 5.41) is 9.70. The molecule has 1 N–H and O–H groups in total. The van der Waals surface area contributed by atoms with E-state index in [1.165, 1.54) is 12.1 Å². The summed E-state index contributed by atoms with van der Waals surface area (Å²) in [6.45, 7) is 0. The zero-order valence-electron chi connectivity index (χ0n) is 11.2.